The largest absolute Gasteiger partial charge is 0.261 e. The molecule has 0 aliphatic rings. The van der Waals surface area contributed by atoms with Crippen molar-refractivity contribution in [2.75, 3.05) is 12.5 Å². The maximum Gasteiger partial charge on any atom is 0.0897 e. The van der Waals surface area contributed by atoms with Gasteiger partial charge in [-0.15, -0.1) is 10.7 Å². The molecule has 0 N–H and O–H groups in total. The van der Waals surface area contributed by atoms with E-state index in [-0.39, 0.29) is 10.7 Å². The molecule has 0 spiro atoms. The van der Waals surface area contributed by atoms with E-state index in [2.05, 4.69) is 37.8 Å². The third kappa shape index (κ3) is 3.12. The highest BCUT2D eigenvalue weighted by Gasteiger charge is 1.90. The van der Waals surface area contributed by atoms with Crippen molar-refractivity contribution in [2.24, 2.45) is 4.36 Å². The van der Waals surface area contributed by atoms with Crippen molar-refractivity contribution in [2.45, 2.75) is 0 Å². The fraction of sp³-hybridized carbons (Fsp3) is 0.286. The van der Waals surface area contributed by atoms with Crippen LogP contribution < -0.4 is 0 Å². The van der Waals surface area contributed by atoms with Gasteiger partial charge in [-0.2, -0.15) is 0 Å². The maximum absolute atomic E-state index is 4.36. The van der Waals surface area contributed by atoms with Crippen LogP contribution in [0.25, 0.3) is 0 Å². The summed E-state index contributed by atoms with van der Waals surface area (Å²) >= 11 is 3.33. The molecule has 1 aromatic heterocycles. The summed E-state index contributed by atoms with van der Waals surface area (Å²) in [6.07, 6.45) is 7.65. The summed E-state index contributed by atoms with van der Waals surface area (Å²) in [5.41, 5.74) is 0.938. The van der Waals surface area contributed by atoms with Crippen LogP contribution in [-0.4, -0.2) is 17.5 Å². The number of hydrogen-bond acceptors (Lipinski definition) is 2. The van der Waals surface area contributed by atoms with Gasteiger partial charge in [-0.1, -0.05) is 0 Å². The Kier molecular flexibility index (Phi) is 3.20. The molecule has 0 radical (unpaired) electrons. The average molecular weight is 233 g/mol. The zero-order valence-corrected chi connectivity index (χ0v) is 8.82. The van der Waals surface area contributed by atoms with Gasteiger partial charge >= 0.3 is 0 Å². The highest BCUT2D eigenvalue weighted by atomic mass is 79.9. The standard InChI is InChI=1S/C7H9BrN2S/c1-11(2)10-7-3-6(8)4-9-5-7/h3-5H,1-2H3. The van der Waals surface area contributed by atoms with E-state index in [0.29, 0.717) is 0 Å². The predicted octanol–water partition coefficient (Wildman–Crippen LogP) is 2.54. The number of halogens is 1. The first-order valence-corrected chi connectivity index (χ1v) is 5.87. The summed E-state index contributed by atoms with van der Waals surface area (Å²) < 4.78 is 5.33. The van der Waals surface area contributed by atoms with Gasteiger partial charge in [0.15, 0.2) is 0 Å². The molecule has 0 bridgehead atoms. The van der Waals surface area contributed by atoms with Gasteiger partial charge < -0.3 is 0 Å². The van der Waals surface area contributed by atoms with E-state index in [1.165, 1.54) is 0 Å². The molecule has 4 heteroatoms. The van der Waals surface area contributed by atoms with E-state index in [4.69, 9.17) is 0 Å². The second kappa shape index (κ2) is 3.97. The van der Waals surface area contributed by atoms with Crippen LogP contribution in [0.4, 0.5) is 5.69 Å². The lowest BCUT2D eigenvalue weighted by molar-refractivity contribution is 1.29. The number of rotatable bonds is 1. The molecule has 60 valence electrons. The number of nitrogens with zero attached hydrogens (tertiary/aromatic N) is 2. The first kappa shape index (κ1) is 8.87. The lowest BCUT2D eigenvalue weighted by Gasteiger charge is -1.94. The summed E-state index contributed by atoms with van der Waals surface area (Å²) in [6.45, 7) is 0. The second-order valence-electron chi connectivity index (χ2n) is 2.23. The minimum Gasteiger partial charge on any atom is -0.261 e. The van der Waals surface area contributed by atoms with Crippen molar-refractivity contribution in [3.05, 3.63) is 22.9 Å². The quantitative estimate of drug-likeness (QED) is 0.731. The molecule has 0 atom stereocenters. The van der Waals surface area contributed by atoms with E-state index >= 15 is 0 Å². The Morgan fingerprint density at radius 1 is 1.45 bits per heavy atom. The summed E-state index contributed by atoms with van der Waals surface area (Å²) in [5.74, 6) is 0. The minimum absolute atomic E-state index is 0.0894. The van der Waals surface area contributed by atoms with Crippen LogP contribution in [0.15, 0.2) is 27.3 Å². The molecule has 0 saturated carbocycles. The molecule has 11 heavy (non-hydrogen) atoms. The van der Waals surface area contributed by atoms with Crippen LogP contribution in [0.1, 0.15) is 0 Å². The van der Waals surface area contributed by atoms with Crippen LogP contribution in [0.2, 0.25) is 0 Å². The van der Waals surface area contributed by atoms with Crippen molar-refractivity contribution < 1.29 is 0 Å². The Morgan fingerprint density at radius 2 is 2.18 bits per heavy atom. The monoisotopic (exact) mass is 232 g/mol. The van der Waals surface area contributed by atoms with Crippen molar-refractivity contribution in [3.63, 3.8) is 0 Å². The van der Waals surface area contributed by atoms with Crippen molar-refractivity contribution in [3.8, 4) is 0 Å². The fourth-order valence-electron chi connectivity index (χ4n) is 0.661. The summed E-state index contributed by atoms with van der Waals surface area (Å²) in [4.78, 5) is 4.00. The number of hydrogen-bond donors (Lipinski definition) is 0. The van der Waals surface area contributed by atoms with Crippen molar-refractivity contribution in [1.29, 1.82) is 0 Å². The topological polar surface area (TPSA) is 25.2 Å². The summed E-state index contributed by atoms with van der Waals surface area (Å²) in [6, 6.07) is 1.96. The predicted molar refractivity (Wildman–Crippen MR) is 53.2 cm³/mol. The van der Waals surface area contributed by atoms with Crippen LogP contribution >= 0.6 is 15.9 Å². The normalized spacial score (nSPS) is 10.2. The van der Waals surface area contributed by atoms with Gasteiger partial charge in [0, 0.05) is 10.7 Å². The fourth-order valence-corrected chi connectivity index (χ4v) is 1.54. The van der Waals surface area contributed by atoms with Gasteiger partial charge in [0.25, 0.3) is 0 Å². The molecule has 1 aromatic rings. The Morgan fingerprint density at radius 3 is 2.73 bits per heavy atom. The van der Waals surface area contributed by atoms with Crippen LogP contribution in [0, 0.1) is 0 Å². The van der Waals surface area contributed by atoms with Gasteiger partial charge in [-0.3, -0.25) is 4.98 Å². The SMILES string of the molecule is CS(C)=Nc1cncc(Br)c1. The molecule has 0 aromatic carbocycles. The molecule has 0 aliphatic heterocycles. The molecule has 1 heterocycles. The van der Waals surface area contributed by atoms with E-state index in [1.807, 2.05) is 6.07 Å². The Hall–Kier alpha value is -0.220. The summed E-state index contributed by atoms with van der Waals surface area (Å²) in [5, 5.41) is 0. The molecular formula is C7H9BrN2S. The van der Waals surface area contributed by atoms with Crippen molar-refractivity contribution in [1.82, 2.24) is 4.98 Å². The first-order valence-electron chi connectivity index (χ1n) is 3.08. The zero-order chi connectivity index (χ0) is 8.27. The van der Waals surface area contributed by atoms with Gasteiger partial charge in [-0.25, -0.2) is 4.36 Å². The first-order chi connectivity index (χ1) is 5.18. The lowest BCUT2D eigenvalue weighted by Crippen LogP contribution is -1.77. The van der Waals surface area contributed by atoms with Crippen LogP contribution in [0.5, 0.6) is 0 Å². The summed E-state index contributed by atoms with van der Waals surface area (Å²) in [7, 11) is 0.0894. The molecule has 2 nitrogen and oxygen atoms in total. The smallest absolute Gasteiger partial charge is 0.0897 e. The zero-order valence-electron chi connectivity index (χ0n) is 6.41. The van der Waals surface area contributed by atoms with Crippen LogP contribution in [-0.2, 0) is 10.7 Å². The Labute approximate surface area is 77.3 Å². The highest BCUT2D eigenvalue weighted by molar-refractivity contribution is 9.10. The maximum atomic E-state index is 4.36. The molecule has 0 fully saturated rings. The third-order valence-electron chi connectivity index (χ3n) is 0.978. The lowest BCUT2D eigenvalue weighted by atomic mass is 10.4. The van der Waals surface area contributed by atoms with Crippen LogP contribution in [0.3, 0.4) is 0 Å². The van der Waals surface area contributed by atoms with E-state index in [0.717, 1.165) is 10.2 Å². The molecule has 1 rings (SSSR count). The van der Waals surface area contributed by atoms with Gasteiger partial charge in [0.05, 0.1) is 11.9 Å². The molecule has 0 aliphatic carbocycles. The molecule has 0 saturated heterocycles. The van der Waals surface area contributed by atoms with E-state index < -0.39 is 0 Å². The Bertz CT molecular complexity index is 282. The van der Waals surface area contributed by atoms with Gasteiger partial charge in [0.1, 0.15) is 0 Å². The van der Waals surface area contributed by atoms with E-state index in [9.17, 15) is 0 Å². The van der Waals surface area contributed by atoms with Crippen molar-refractivity contribution >= 4 is 32.3 Å². The van der Waals surface area contributed by atoms with E-state index in [1.54, 1.807) is 12.4 Å². The average Bonchev–Trinajstić information content (AvgIpc) is 1.85. The molecular weight excluding hydrogens is 224 g/mol. The third-order valence-corrected chi connectivity index (χ3v) is 1.99. The highest BCUT2D eigenvalue weighted by Crippen LogP contribution is 2.16. The minimum atomic E-state index is 0.0894. The Balaban J connectivity index is 2.97. The number of aromatic nitrogens is 1. The van der Waals surface area contributed by atoms with Gasteiger partial charge in [-0.05, 0) is 34.5 Å². The molecule has 0 amide bonds. The molecule has 0 unspecified atom stereocenters. The number of pyridine rings is 1. The van der Waals surface area contributed by atoms with Gasteiger partial charge in [0.2, 0.25) is 0 Å². The second-order valence-corrected chi connectivity index (χ2v) is 4.87.